The van der Waals surface area contributed by atoms with Gasteiger partial charge in [-0.3, -0.25) is 0 Å². The fourth-order valence-corrected chi connectivity index (χ4v) is 2.64. The van der Waals surface area contributed by atoms with Crippen molar-refractivity contribution >= 4 is 16.5 Å². The van der Waals surface area contributed by atoms with Gasteiger partial charge in [0.2, 0.25) is 0 Å². The lowest BCUT2D eigenvalue weighted by molar-refractivity contribution is 0.0637. The van der Waals surface area contributed by atoms with Crippen molar-refractivity contribution < 1.29 is 4.74 Å². The summed E-state index contributed by atoms with van der Waals surface area (Å²) < 4.78 is 5.83. The SMILES string of the molecule is CC1CCC(CNc2cccc3ccccc23)O1. The van der Waals surface area contributed by atoms with E-state index < -0.39 is 0 Å². The van der Waals surface area contributed by atoms with Crippen LogP contribution in [0, 0.1) is 0 Å². The van der Waals surface area contributed by atoms with Crippen molar-refractivity contribution in [3.05, 3.63) is 42.5 Å². The van der Waals surface area contributed by atoms with E-state index in [0.29, 0.717) is 12.2 Å². The molecule has 2 nitrogen and oxygen atoms in total. The molecule has 3 rings (SSSR count). The first-order valence-electron chi connectivity index (χ1n) is 6.70. The van der Waals surface area contributed by atoms with Crippen molar-refractivity contribution in [2.45, 2.75) is 32.0 Å². The maximum atomic E-state index is 5.83. The lowest BCUT2D eigenvalue weighted by Gasteiger charge is -2.14. The van der Waals surface area contributed by atoms with Gasteiger partial charge in [-0.25, -0.2) is 0 Å². The summed E-state index contributed by atoms with van der Waals surface area (Å²) in [5, 5.41) is 6.09. The normalized spacial score (nSPS) is 23.4. The average Bonchev–Trinajstić information content (AvgIpc) is 2.82. The Bertz CT molecular complexity index is 532. The number of hydrogen-bond donors (Lipinski definition) is 1. The van der Waals surface area contributed by atoms with Crippen LogP contribution >= 0.6 is 0 Å². The van der Waals surface area contributed by atoms with Crippen molar-refractivity contribution in [3.63, 3.8) is 0 Å². The summed E-state index contributed by atoms with van der Waals surface area (Å²) in [6.07, 6.45) is 3.13. The van der Waals surface area contributed by atoms with Gasteiger partial charge in [0, 0.05) is 17.6 Å². The topological polar surface area (TPSA) is 21.3 Å². The van der Waals surface area contributed by atoms with Crippen LogP contribution < -0.4 is 5.32 Å². The molecule has 0 spiro atoms. The van der Waals surface area contributed by atoms with Crippen LogP contribution in [0.1, 0.15) is 19.8 Å². The van der Waals surface area contributed by atoms with E-state index in [0.717, 1.165) is 6.54 Å². The predicted molar refractivity (Wildman–Crippen MR) is 76.0 cm³/mol. The van der Waals surface area contributed by atoms with E-state index in [-0.39, 0.29) is 0 Å². The third kappa shape index (κ3) is 2.34. The van der Waals surface area contributed by atoms with Crippen molar-refractivity contribution in [3.8, 4) is 0 Å². The van der Waals surface area contributed by atoms with Crippen LogP contribution in [0.3, 0.4) is 0 Å². The Morgan fingerprint density at radius 3 is 2.78 bits per heavy atom. The highest BCUT2D eigenvalue weighted by atomic mass is 16.5. The van der Waals surface area contributed by atoms with E-state index in [1.807, 2.05) is 0 Å². The molecule has 0 aromatic heterocycles. The second-order valence-corrected chi connectivity index (χ2v) is 5.05. The first-order chi connectivity index (χ1) is 8.83. The van der Waals surface area contributed by atoms with Crippen LogP contribution in [-0.2, 0) is 4.74 Å². The van der Waals surface area contributed by atoms with Gasteiger partial charge in [-0.2, -0.15) is 0 Å². The number of anilines is 1. The molecular formula is C16H19NO. The molecule has 18 heavy (non-hydrogen) atoms. The molecule has 1 saturated heterocycles. The molecule has 1 heterocycles. The number of ether oxygens (including phenoxy) is 1. The van der Waals surface area contributed by atoms with Gasteiger partial charge in [0.05, 0.1) is 12.2 Å². The van der Waals surface area contributed by atoms with Gasteiger partial charge in [0.25, 0.3) is 0 Å². The Morgan fingerprint density at radius 1 is 1.11 bits per heavy atom. The zero-order valence-corrected chi connectivity index (χ0v) is 10.7. The lowest BCUT2D eigenvalue weighted by atomic mass is 10.1. The minimum Gasteiger partial charge on any atom is -0.382 e. The summed E-state index contributed by atoms with van der Waals surface area (Å²) in [5.41, 5.74) is 1.20. The number of nitrogens with one attached hydrogen (secondary N) is 1. The maximum Gasteiger partial charge on any atom is 0.0751 e. The molecule has 2 heteroatoms. The second-order valence-electron chi connectivity index (χ2n) is 5.05. The number of rotatable bonds is 3. The van der Waals surface area contributed by atoms with Crippen molar-refractivity contribution in [2.75, 3.05) is 11.9 Å². The largest absolute Gasteiger partial charge is 0.382 e. The summed E-state index contributed by atoms with van der Waals surface area (Å²) in [7, 11) is 0. The standard InChI is InChI=1S/C16H19NO/c1-12-9-10-14(18-12)11-17-16-8-4-6-13-5-2-3-7-15(13)16/h2-8,12,14,17H,9-11H2,1H3. The molecule has 2 aromatic carbocycles. The first-order valence-corrected chi connectivity index (χ1v) is 6.70. The fourth-order valence-electron chi connectivity index (χ4n) is 2.64. The molecule has 1 aliphatic heterocycles. The second kappa shape index (κ2) is 4.99. The third-order valence-corrected chi connectivity index (χ3v) is 3.63. The summed E-state index contributed by atoms with van der Waals surface area (Å²) in [5.74, 6) is 0. The van der Waals surface area contributed by atoms with E-state index in [9.17, 15) is 0 Å². The highest BCUT2D eigenvalue weighted by Gasteiger charge is 2.21. The summed E-state index contributed by atoms with van der Waals surface area (Å²) in [6.45, 7) is 3.05. The highest BCUT2D eigenvalue weighted by Crippen LogP contribution is 2.24. The van der Waals surface area contributed by atoms with E-state index in [1.165, 1.54) is 29.3 Å². The monoisotopic (exact) mass is 241 g/mol. The Hall–Kier alpha value is -1.54. The zero-order valence-electron chi connectivity index (χ0n) is 10.7. The van der Waals surface area contributed by atoms with Crippen LogP contribution in [0.5, 0.6) is 0 Å². The van der Waals surface area contributed by atoms with Gasteiger partial charge < -0.3 is 10.1 Å². The minimum atomic E-state index is 0.360. The molecule has 0 amide bonds. The summed E-state index contributed by atoms with van der Waals surface area (Å²) >= 11 is 0. The molecule has 2 atom stereocenters. The number of hydrogen-bond acceptors (Lipinski definition) is 2. The van der Waals surface area contributed by atoms with Gasteiger partial charge in [0.15, 0.2) is 0 Å². The molecule has 0 saturated carbocycles. The minimum absolute atomic E-state index is 0.360. The van der Waals surface area contributed by atoms with Gasteiger partial charge in [-0.1, -0.05) is 36.4 Å². The van der Waals surface area contributed by atoms with Crippen LogP contribution in [0.25, 0.3) is 10.8 Å². The van der Waals surface area contributed by atoms with Crippen molar-refractivity contribution in [1.29, 1.82) is 0 Å². The predicted octanol–water partition coefficient (Wildman–Crippen LogP) is 3.82. The molecule has 1 N–H and O–H groups in total. The molecule has 1 fully saturated rings. The van der Waals surface area contributed by atoms with Crippen LogP contribution in [0.4, 0.5) is 5.69 Å². The summed E-state index contributed by atoms with van der Waals surface area (Å²) in [4.78, 5) is 0. The Kier molecular flexibility index (Phi) is 3.20. The number of fused-ring (bicyclic) bond motifs is 1. The molecule has 2 aromatic rings. The molecule has 0 aliphatic carbocycles. The Morgan fingerprint density at radius 2 is 1.94 bits per heavy atom. The van der Waals surface area contributed by atoms with E-state index in [4.69, 9.17) is 4.74 Å². The van der Waals surface area contributed by atoms with Crippen molar-refractivity contribution in [2.24, 2.45) is 0 Å². The van der Waals surface area contributed by atoms with E-state index in [2.05, 4.69) is 54.7 Å². The van der Waals surface area contributed by atoms with Gasteiger partial charge in [-0.15, -0.1) is 0 Å². The average molecular weight is 241 g/mol. The van der Waals surface area contributed by atoms with Gasteiger partial charge in [-0.05, 0) is 31.2 Å². The number of benzene rings is 2. The molecule has 2 unspecified atom stereocenters. The highest BCUT2D eigenvalue weighted by molar-refractivity contribution is 5.93. The molecule has 0 bridgehead atoms. The van der Waals surface area contributed by atoms with E-state index in [1.54, 1.807) is 0 Å². The maximum absolute atomic E-state index is 5.83. The van der Waals surface area contributed by atoms with E-state index >= 15 is 0 Å². The third-order valence-electron chi connectivity index (χ3n) is 3.63. The lowest BCUT2D eigenvalue weighted by Crippen LogP contribution is -2.19. The van der Waals surface area contributed by atoms with Crippen LogP contribution in [0.15, 0.2) is 42.5 Å². The van der Waals surface area contributed by atoms with Crippen LogP contribution in [-0.4, -0.2) is 18.8 Å². The smallest absolute Gasteiger partial charge is 0.0751 e. The Labute approximate surface area is 108 Å². The Balaban J connectivity index is 1.74. The van der Waals surface area contributed by atoms with Gasteiger partial charge >= 0.3 is 0 Å². The van der Waals surface area contributed by atoms with Crippen LogP contribution in [0.2, 0.25) is 0 Å². The van der Waals surface area contributed by atoms with Gasteiger partial charge in [0.1, 0.15) is 0 Å². The quantitative estimate of drug-likeness (QED) is 0.882. The summed E-state index contributed by atoms with van der Waals surface area (Å²) in [6, 6.07) is 14.9. The van der Waals surface area contributed by atoms with Crippen molar-refractivity contribution in [1.82, 2.24) is 0 Å². The molecular weight excluding hydrogens is 222 g/mol. The molecule has 1 aliphatic rings. The molecule has 0 radical (unpaired) electrons. The fraction of sp³-hybridized carbons (Fsp3) is 0.375. The first kappa shape index (κ1) is 11.5. The zero-order chi connectivity index (χ0) is 12.4. The molecule has 94 valence electrons.